The molecule has 0 saturated heterocycles. The number of carbonyl (C=O) groups is 1. The van der Waals surface area contributed by atoms with Gasteiger partial charge in [-0.25, -0.2) is 4.79 Å². The predicted molar refractivity (Wildman–Crippen MR) is 68.7 cm³/mol. The molecule has 0 unspecified atom stereocenters. The van der Waals surface area contributed by atoms with Gasteiger partial charge in [0.25, 0.3) is 0 Å². The van der Waals surface area contributed by atoms with Gasteiger partial charge < -0.3 is 10.1 Å². The molecule has 0 bridgehead atoms. The van der Waals surface area contributed by atoms with Crippen LogP contribution in [-0.4, -0.2) is 16.1 Å². The first-order valence-corrected chi connectivity index (χ1v) is 5.92. The second kappa shape index (κ2) is 4.24. The summed E-state index contributed by atoms with van der Waals surface area (Å²) in [6.45, 7) is 6.26. The standard InChI is InChI=1S/C14H17NO2/c1-4-10-11-7-9(8(2)3)5-6-12(11)15-13(10)14(16)17/h5-8,15H,4H2,1-3H3,(H,16,17). The van der Waals surface area contributed by atoms with E-state index < -0.39 is 5.97 Å². The third-order valence-corrected chi connectivity index (χ3v) is 3.16. The van der Waals surface area contributed by atoms with Crippen molar-refractivity contribution in [2.75, 3.05) is 0 Å². The first kappa shape index (κ1) is 11.7. The third kappa shape index (κ3) is 1.93. The Hall–Kier alpha value is -1.77. The topological polar surface area (TPSA) is 53.1 Å². The lowest BCUT2D eigenvalue weighted by Gasteiger charge is -2.05. The summed E-state index contributed by atoms with van der Waals surface area (Å²) < 4.78 is 0. The van der Waals surface area contributed by atoms with Crippen molar-refractivity contribution in [2.45, 2.75) is 33.1 Å². The highest BCUT2D eigenvalue weighted by Gasteiger charge is 2.16. The number of hydrogen-bond acceptors (Lipinski definition) is 1. The Balaban J connectivity index is 2.71. The van der Waals surface area contributed by atoms with Crippen LogP contribution in [0.3, 0.4) is 0 Å². The minimum Gasteiger partial charge on any atom is -0.477 e. The van der Waals surface area contributed by atoms with Gasteiger partial charge in [-0.15, -0.1) is 0 Å². The lowest BCUT2D eigenvalue weighted by molar-refractivity contribution is 0.0690. The van der Waals surface area contributed by atoms with E-state index in [0.29, 0.717) is 11.6 Å². The molecule has 3 heteroatoms. The Bertz CT molecular complexity index is 567. The summed E-state index contributed by atoms with van der Waals surface area (Å²) in [5.41, 5.74) is 3.37. The number of rotatable bonds is 3. The second-order valence-corrected chi connectivity index (χ2v) is 4.60. The number of carboxylic acid groups (broad SMARTS) is 1. The van der Waals surface area contributed by atoms with Crippen LogP contribution in [0, 0.1) is 0 Å². The zero-order valence-corrected chi connectivity index (χ0v) is 10.4. The van der Waals surface area contributed by atoms with Crippen molar-refractivity contribution in [2.24, 2.45) is 0 Å². The highest BCUT2D eigenvalue weighted by molar-refractivity contribution is 5.97. The van der Waals surface area contributed by atoms with E-state index in [1.807, 2.05) is 13.0 Å². The van der Waals surface area contributed by atoms with Crippen molar-refractivity contribution in [1.29, 1.82) is 0 Å². The maximum atomic E-state index is 11.1. The number of aromatic carboxylic acids is 1. The molecule has 0 aliphatic carbocycles. The van der Waals surface area contributed by atoms with E-state index >= 15 is 0 Å². The number of hydrogen-bond donors (Lipinski definition) is 2. The molecule has 0 aliphatic rings. The van der Waals surface area contributed by atoms with Crippen LogP contribution >= 0.6 is 0 Å². The van der Waals surface area contributed by atoms with E-state index in [0.717, 1.165) is 22.9 Å². The van der Waals surface area contributed by atoms with E-state index in [2.05, 4.69) is 31.0 Å². The molecule has 2 N–H and O–H groups in total. The normalized spacial score (nSPS) is 11.3. The Morgan fingerprint density at radius 2 is 2.12 bits per heavy atom. The number of H-pyrrole nitrogens is 1. The van der Waals surface area contributed by atoms with Crippen LogP contribution in [0.4, 0.5) is 0 Å². The fraction of sp³-hybridized carbons (Fsp3) is 0.357. The van der Waals surface area contributed by atoms with Gasteiger partial charge in [-0.1, -0.05) is 26.8 Å². The Morgan fingerprint density at radius 1 is 1.41 bits per heavy atom. The van der Waals surface area contributed by atoms with Gasteiger partial charge in [-0.2, -0.15) is 0 Å². The summed E-state index contributed by atoms with van der Waals surface area (Å²) in [5, 5.41) is 10.2. The maximum absolute atomic E-state index is 11.1. The molecule has 1 aromatic carbocycles. The van der Waals surface area contributed by atoms with Crippen molar-refractivity contribution < 1.29 is 9.90 Å². The lowest BCUT2D eigenvalue weighted by Crippen LogP contribution is -2.00. The van der Waals surface area contributed by atoms with E-state index in [9.17, 15) is 4.79 Å². The Labute approximate surface area is 100 Å². The van der Waals surface area contributed by atoms with Crippen LogP contribution in [0.15, 0.2) is 18.2 Å². The number of carboxylic acids is 1. The molecule has 0 saturated carbocycles. The molecule has 2 rings (SSSR count). The minimum atomic E-state index is -0.885. The first-order chi connectivity index (χ1) is 8.04. The van der Waals surface area contributed by atoms with Crippen LogP contribution in [0.1, 0.15) is 48.3 Å². The summed E-state index contributed by atoms with van der Waals surface area (Å²) in [6, 6.07) is 6.12. The van der Waals surface area contributed by atoms with E-state index in [1.54, 1.807) is 0 Å². The molecule has 1 aromatic heterocycles. The van der Waals surface area contributed by atoms with Gasteiger partial charge in [0.2, 0.25) is 0 Å². The minimum absolute atomic E-state index is 0.323. The van der Waals surface area contributed by atoms with Crippen LogP contribution in [0.25, 0.3) is 10.9 Å². The predicted octanol–water partition coefficient (Wildman–Crippen LogP) is 3.55. The number of benzene rings is 1. The van der Waals surface area contributed by atoms with E-state index in [-0.39, 0.29) is 0 Å². The van der Waals surface area contributed by atoms with E-state index in [1.165, 1.54) is 5.56 Å². The number of aromatic nitrogens is 1. The molecule has 0 atom stereocenters. The van der Waals surface area contributed by atoms with Crippen LogP contribution in [-0.2, 0) is 6.42 Å². The quantitative estimate of drug-likeness (QED) is 0.848. The fourth-order valence-corrected chi connectivity index (χ4v) is 2.17. The van der Waals surface area contributed by atoms with Crippen molar-refractivity contribution >= 4 is 16.9 Å². The van der Waals surface area contributed by atoms with Crippen molar-refractivity contribution in [3.05, 3.63) is 35.0 Å². The largest absolute Gasteiger partial charge is 0.477 e. The van der Waals surface area contributed by atoms with Gasteiger partial charge in [-0.05, 0) is 35.6 Å². The van der Waals surface area contributed by atoms with Gasteiger partial charge >= 0.3 is 5.97 Å². The van der Waals surface area contributed by atoms with Gasteiger partial charge in [0.1, 0.15) is 5.69 Å². The van der Waals surface area contributed by atoms with Crippen LogP contribution < -0.4 is 0 Å². The fourth-order valence-electron chi connectivity index (χ4n) is 2.17. The molecule has 17 heavy (non-hydrogen) atoms. The molecule has 90 valence electrons. The van der Waals surface area contributed by atoms with E-state index in [4.69, 9.17) is 5.11 Å². The molecule has 0 amide bonds. The number of aryl methyl sites for hydroxylation is 1. The summed E-state index contributed by atoms with van der Waals surface area (Å²) in [6.07, 6.45) is 0.725. The average Bonchev–Trinajstić information content (AvgIpc) is 2.66. The van der Waals surface area contributed by atoms with Gasteiger partial charge in [0.05, 0.1) is 0 Å². The molecular weight excluding hydrogens is 214 g/mol. The summed E-state index contributed by atoms with van der Waals surface area (Å²) >= 11 is 0. The molecule has 0 spiro atoms. The van der Waals surface area contributed by atoms with Crippen LogP contribution in [0.2, 0.25) is 0 Å². The monoisotopic (exact) mass is 231 g/mol. The van der Waals surface area contributed by atoms with Gasteiger partial charge in [0.15, 0.2) is 0 Å². The molecule has 0 fully saturated rings. The highest BCUT2D eigenvalue weighted by Crippen LogP contribution is 2.27. The summed E-state index contributed by atoms with van der Waals surface area (Å²) in [7, 11) is 0. The highest BCUT2D eigenvalue weighted by atomic mass is 16.4. The van der Waals surface area contributed by atoms with Crippen molar-refractivity contribution in [1.82, 2.24) is 4.98 Å². The molecule has 0 radical (unpaired) electrons. The third-order valence-electron chi connectivity index (χ3n) is 3.16. The van der Waals surface area contributed by atoms with Crippen molar-refractivity contribution in [3.8, 4) is 0 Å². The molecule has 0 aliphatic heterocycles. The summed E-state index contributed by atoms with van der Waals surface area (Å²) in [4.78, 5) is 14.1. The lowest BCUT2D eigenvalue weighted by atomic mass is 9.99. The number of fused-ring (bicyclic) bond motifs is 1. The zero-order valence-electron chi connectivity index (χ0n) is 10.4. The van der Waals surface area contributed by atoms with Crippen LogP contribution in [0.5, 0.6) is 0 Å². The number of aromatic amines is 1. The smallest absolute Gasteiger partial charge is 0.352 e. The van der Waals surface area contributed by atoms with Gasteiger partial charge in [-0.3, -0.25) is 0 Å². The Morgan fingerprint density at radius 3 is 2.65 bits per heavy atom. The number of nitrogens with one attached hydrogen (secondary N) is 1. The molecule has 3 nitrogen and oxygen atoms in total. The molecule has 1 heterocycles. The zero-order chi connectivity index (χ0) is 12.6. The SMILES string of the molecule is CCc1c(C(=O)O)[nH]c2ccc(C(C)C)cc12. The van der Waals surface area contributed by atoms with Gasteiger partial charge in [0, 0.05) is 10.9 Å². The van der Waals surface area contributed by atoms with Crippen molar-refractivity contribution in [3.63, 3.8) is 0 Å². The maximum Gasteiger partial charge on any atom is 0.352 e. The molecule has 2 aromatic rings. The molecular formula is C14H17NO2. The second-order valence-electron chi connectivity index (χ2n) is 4.60. The average molecular weight is 231 g/mol. The Kier molecular flexibility index (Phi) is 2.92. The summed E-state index contributed by atoms with van der Waals surface area (Å²) in [5.74, 6) is -0.434. The first-order valence-electron chi connectivity index (χ1n) is 5.92.